The first kappa shape index (κ1) is 14.8. The average Bonchev–Trinajstić information content (AvgIpc) is 2.46. The van der Waals surface area contributed by atoms with Crippen LogP contribution in [0.3, 0.4) is 0 Å². The normalized spacial score (nSPS) is 13.6. The fourth-order valence-electron chi connectivity index (χ4n) is 1.90. The van der Waals surface area contributed by atoms with Crippen molar-refractivity contribution in [2.24, 2.45) is 4.99 Å². The fourth-order valence-corrected chi connectivity index (χ4v) is 2.03. The second kappa shape index (κ2) is 6.21. The molecule has 0 aliphatic carbocycles. The highest BCUT2D eigenvalue weighted by Crippen LogP contribution is 2.29. The molecule has 0 radical (unpaired) electrons. The molecule has 0 aromatic heterocycles. The van der Waals surface area contributed by atoms with E-state index in [0.29, 0.717) is 5.02 Å². The molecule has 0 fully saturated rings. The van der Waals surface area contributed by atoms with E-state index in [2.05, 4.69) is 4.99 Å². The van der Waals surface area contributed by atoms with Crippen LogP contribution in [0.25, 0.3) is 0 Å². The van der Waals surface area contributed by atoms with Gasteiger partial charge in [0.2, 0.25) is 0 Å². The number of halogens is 1. The van der Waals surface area contributed by atoms with Gasteiger partial charge in [-0.3, -0.25) is 4.99 Å². The van der Waals surface area contributed by atoms with E-state index >= 15 is 0 Å². The maximum Gasteiger partial charge on any atom is 0.104 e. The molecule has 3 heteroatoms. The van der Waals surface area contributed by atoms with Gasteiger partial charge in [-0.2, -0.15) is 0 Å². The van der Waals surface area contributed by atoms with Gasteiger partial charge in [-0.25, -0.2) is 0 Å². The van der Waals surface area contributed by atoms with E-state index in [-0.39, 0.29) is 0 Å². The topological polar surface area (TPSA) is 32.6 Å². The van der Waals surface area contributed by atoms with Crippen LogP contribution in [0.2, 0.25) is 5.02 Å². The first-order valence-corrected chi connectivity index (χ1v) is 6.91. The van der Waals surface area contributed by atoms with Crippen molar-refractivity contribution in [3.63, 3.8) is 0 Å². The molecule has 0 saturated carbocycles. The van der Waals surface area contributed by atoms with Crippen molar-refractivity contribution < 1.29 is 5.11 Å². The number of hydrogen-bond acceptors (Lipinski definition) is 2. The third kappa shape index (κ3) is 3.69. The molecule has 0 saturated heterocycles. The third-order valence-electron chi connectivity index (χ3n) is 3.20. The summed E-state index contributed by atoms with van der Waals surface area (Å²) in [7, 11) is 0. The molecule has 0 aliphatic rings. The van der Waals surface area contributed by atoms with Crippen molar-refractivity contribution >= 4 is 17.8 Å². The van der Waals surface area contributed by atoms with Crippen molar-refractivity contribution in [3.05, 3.63) is 70.7 Å². The maximum atomic E-state index is 10.5. The van der Waals surface area contributed by atoms with Crippen LogP contribution in [0.5, 0.6) is 0 Å². The summed E-state index contributed by atoms with van der Waals surface area (Å²) in [5, 5.41) is 11.1. The largest absolute Gasteiger partial charge is 0.386 e. The Balaban J connectivity index is 2.17. The Hall–Kier alpha value is -1.64. The van der Waals surface area contributed by atoms with E-state index in [1.165, 1.54) is 0 Å². The number of benzene rings is 2. The van der Waals surface area contributed by atoms with E-state index in [4.69, 9.17) is 11.6 Å². The highest BCUT2D eigenvalue weighted by Gasteiger charge is 2.27. The van der Waals surface area contributed by atoms with Gasteiger partial charge in [0.05, 0.1) is 5.54 Å². The molecule has 0 heterocycles. The molecule has 0 amide bonds. The highest BCUT2D eigenvalue weighted by atomic mass is 35.5. The van der Waals surface area contributed by atoms with Gasteiger partial charge in [-0.15, -0.1) is 0 Å². The van der Waals surface area contributed by atoms with Gasteiger partial charge in [-0.05, 0) is 37.1 Å². The molecule has 2 rings (SSSR count). The summed E-state index contributed by atoms with van der Waals surface area (Å²) in [5.41, 5.74) is 1.22. The monoisotopic (exact) mass is 287 g/mol. The molecular formula is C17H18ClNO. The number of aliphatic imine (C=N–C) groups is 1. The number of aliphatic hydroxyl groups excluding tert-OH is 1. The van der Waals surface area contributed by atoms with Crippen LogP contribution in [-0.4, -0.2) is 16.9 Å². The van der Waals surface area contributed by atoms with E-state index in [0.717, 1.165) is 11.1 Å². The zero-order valence-corrected chi connectivity index (χ0v) is 12.4. The summed E-state index contributed by atoms with van der Waals surface area (Å²) < 4.78 is 0. The summed E-state index contributed by atoms with van der Waals surface area (Å²) in [5.74, 6) is 0. The van der Waals surface area contributed by atoms with Crippen molar-refractivity contribution in [2.45, 2.75) is 25.5 Å². The summed E-state index contributed by atoms with van der Waals surface area (Å²) >= 11 is 5.86. The van der Waals surface area contributed by atoms with Crippen molar-refractivity contribution in [2.75, 3.05) is 0 Å². The van der Waals surface area contributed by atoms with E-state index in [1.54, 1.807) is 18.3 Å². The number of aliphatic hydroxyl groups is 1. The quantitative estimate of drug-likeness (QED) is 0.837. The van der Waals surface area contributed by atoms with E-state index in [9.17, 15) is 5.11 Å². The lowest BCUT2D eigenvalue weighted by atomic mass is 9.92. The number of nitrogens with zero attached hydrogens (tertiary/aromatic N) is 1. The summed E-state index contributed by atoms with van der Waals surface area (Å²) in [6.45, 7) is 3.82. The highest BCUT2D eigenvalue weighted by molar-refractivity contribution is 6.30. The lowest BCUT2D eigenvalue weighted by Gasteiger charge is -2.26. The Morgan fingerprint density at radius 1 is 1.05 bits per heavy atom. The van der Waals surface area contributed by atoms with Crippen LogP contribution in [0, 0.1) is 0 Å². The Kier molecular flexibility index (Phi) is 4.58. The summed E-state index contributed by atoms with van der Waals surface area (Å²) in [6, 6.07) is 17.1. The van der Waals surface area contributed by atoms with Gasteiger partial charge >= 0.3 is 0 Å². The van der Waals surface area contributed by atoms with Crippen LogP contribution in [0.4, 0.5) is 0 Å². The standard InChI is InChI=1S/C17H18ClNO/c1-17(2,19-12-13-6-4-3-5-7-13)16(20)14-8-10-15(18)11-9-14/h3-12,16,20H,1-2H3. The molecule has 0 aliphatic heterocycles. The fraction of sp³-hybridized carbons (Fsp3) is 0.235. The molecule has 1 unspecified atom stereocenters. The van der Waals surface area contributed by atoms with Gasteiger partial charge < -0.3 is 5.11 Å². The second-order valence-corrected chi connectivity index (χ2v) is 5.71. The minimum absolute atomic E-state index is 0.607. The Morgan fingerprint density at radius 3 is 2.25 bits per heavy atom. The van der Waals surface area contributed by atoms with E-state index in [1.807, 2.05) is 56.3 Å². The predicted octanol–water partition coefficient (Wildman–Crippen LogP) is 4.27. The molecular weight excluding hydrogens is 270 g/mol. The first-order chi connectivity index (χ1) is 9.49. The van der Waals surface area contributed by atoms with Crippen LogP contribution in [0.15, 0.2) is 59.6 Å². The zero-order chi connectivity index (χ0) is 14.6. The number of hydrogen-bond donors (Lipinski definition) is 1. The zero-order valence-electron chi connectivity index (χ0n) is 11.6. The van der Waals surface area contributed by atoms with Gasteiger partial charge in [0, 0.05) is 11.2 Å². The lowest BCUT2D eigenvalue weighted by Crippen LogP contribution is -2.27. The summed E-state index contributed by atoms with van der Waals surface area (Å²) in [4.78, 5) is 4.52. The van der Waals surface area contributed by atoms with Gasteiger partial charge in [0.15, 0.2) is 0 Å². The summed E-state index contributed by atoms with van der Waals surface area (Å²) in [6.07, 6.45) is 1.11. The average molecular weight is 288 g/mol. The minimum Gasteiger partial charge on any atom is -0.386 e. The molecule has 20 heavy (non-hydrogen) atoms. The minimum atomic E-state index is -0.681. The number of rotatable bonds is 4. The molecule has 2 aromatic rings. The van der Waals surface area contributed by atoms with Gasteiger partial charge in [-0.1, -0.05) is 54.1 Å². The molecule has 2 nitrogen and oxygen atoms in total. The Labute approximate surface area is 124 Å². The second-order valence-electron chi connectivity index (χ2n) is 5.28. The molecule has 0 bridgehead atoms. The smallest absolute Gasteiger partial charge is 0.104 e. The molecule has 1 N–H and O–H groups in total. The Morgan fingerprint density at radius 2 is 1.65 bits per heavy atom. The molecule has 0 spiro atoms. The molecule has 104 valence electrons. The van der Waals surface area contributed by atoms with E-state index < -0.39 is 11.6 Å². The molecule has 2 aromatic carbocycles. The van der Waals surface area contributed by atoms with Crippen molar-refractivity contribution in [1.29, 1.82) is 0 Å². The predicted molar refractivity (Wildman–Crippen MR) is 84.5 cm³/mol. The van der Waals surface area contributed by atoms with Crippen molar-refractivity contribution in [3.8, 4) is 0 Å². The Bertz CT molecular complexity index is 576. The van der Waals surface area contributed by atoms with Crippen LogP contribution >= 0.6 is 11.6 Å². The SMILES string of the molecule is CC(C)(N=Cc1ccccc1)C(O)c1ccc(Cl)cc1. The third-order valence-corrected chi connectivity index (χ3v) is 3.45. The first-order valence-electron chi connectivity index (χ1n) is 6.53. The maximum absolute atomic E-state index is 10.5. The van der Waals surface area contributed by atoms with Gasteiger partial charge in [0.1, 0.15) is 6.10 Å². The van der Waals surface area contributed by atoms with Crippen molar-refractivity contribution in [1.82, 2.24) is 0 Å². The van der Waals surface area contributed by atoms with Crippen LogP contribution in [-0.2, 0) is 0 Å². The van der Waals surface area contributed by atoms with Gasteiger partial charge in [0.25, 0.3) is 0 Å². The van der Waals surface area contributed by atoms with Crippen LogP contribution in [0.1, 0.15) is 31.1 Å². The van der Waals surface area contributed by atoms with Crippen LogP contribution < -0.4 is 0 Å². The molecule has 1 atom stereocenters. The lowest BCUT2D eigenvalue weighted by molar-refractivity contribution is 0.106.